The van der Waals surface area contributed by atoms with Crippen LogP contribution in [0.15, 0.2) is 36.9 Å². The predicted octanol–water partition coefficient (Wildman–Crippen LogP) is 3.30. The van der Waals surface area contributed by atoms with Crippen LogP contribution in [0.5, 0.6) is 0 Å². The number of carbonyl (C=O) groups is 2. The van der Waals surface area contributed by atoms with Crippen molar-refractivity contribution in [1.82, 2.24) is 4.57 Å². The van der Waals surface area contributed by atoms with Crippen LogP contribution < -0.4 is 0 Å². The molecule has 1 aromatic carbocycles. The van der Waals surface area contributed by atoms with Crippen molar-refractivity contribution < 1.29 is 19.1 Å². The first-order valence-corrected chi connectivity index (χ1v) is 7.04. The van der Waals surface area contributed by atoms with Crippen molar-refractivity contribution in [3.63, 3.8) is 0 Å². The fraction of sp³-hybridized carbons (Fsp3) is 0.222. The van der Waals surface area contributed by atoms with Crippen LogP contribution in [0.3, 0.4) is 0 Å². The Hall–Kier alpha value is -2.82. The first kappa shape index (κ1) is 16.5. The molecule has 0 atom stereocenters. The van der Waals surface area contributed by atoms with Gasteiger partial charge in [-0.05, 0) is 18.1 Å². The molecule has 0 aliphatic carbocycles. The highest BCUT2D eigenvalue weighted by molar-refractivity contribution is 6.10. The van der Waals surface area contributed by atoms with E-state index in [1.165, 1.54) is 14.2 Å². The summed E-state index contributed by atoms with van der Waals surface area (Å²) in [6.45, 7) is 5.69. The van der Waals surface area contributed by atoms with E-state index in [0.29, 0.717) is 17.0 Å². The molecule has 0 N–H and O–H groups in total. The summed E-state index contributed by atoms with van der Waals surface area (Å²) in [6, 6.07) is 9.34. The zero-order chi connectivity index (χ0) is 17.1. The molecule has 120 valence electrons. The van der Waals surface area contributed by atoms with Crippen molar-refractivity contribution in [2.45, 2.75) is 6.92 Å². The molecule has 0 aliphatic rings. The van der Waals surface area contributed by atoms with Gasteiger partial charge in [0.1, 0.15) is 11.1 Å². The van der Waals surface area contributed by atoms with Crippen molar-refractivity contribution in [3.05, 3.63) is 53.7 Å². The zero-order valence-electron chi connectivity index (χ0n) is 13.7. The van der Waals surface area contributed by atoms with E-state index in [4.69, 9.17) is 9.47 Å². The number of nitrogens with zero attached hydrogens (tertiary/aromatic N) is 1. The first-order valence-electron chi connectivity index (χ1n) is 7.04. The van der Waals surface area contributed by atoms with E-state index < -0.39 is 11.9 Å². The molecule has 23 heavy (non-hydrogen) atoms. The molecule has 0 aliphatic heterocycles. The molecule has 0 spiro atoms. The number of hydrogen-bond donors (Lipinski definition) is 0. The predicted molar refractivity (Wildman–Crippen MR) is 88.2 cm³/mol. The van der Waals surface area contributed by atoms with Gasteiger partial charge in [-0.25, -0.2) is 9.59 Å². The third-order valence-corrected chi connectivity index (χ3v) is 3.62. The normalized spacial score (nSPS) is 10.3. The van der Waals surface area contributed by atoms with Gasteiger partial charge in [0.15, 0.2) is 0 Å². The summed E-state index contributed by atoms with van der Waals surface area (Å²) in [5.74, 6) is -1.19. The van der Waals surface area contributed by atoms with Gasteiger partial charge in [0.25, 0.3) is 0 Å². The first-order chi connectivity index (χ1) is 10.9. The Morgan fingerprint density at radius 3 is 2.00 bits per heavy atom. The highest BCUT2D eigenvalue weighted by Crippen LogP contribution is 2.35. The lowest BCUT2D eigenvalue weighted by Crippen LogP contribution is -2.11. The third kappa shape index (κ3) is 2.77. The van der Waals surface area contributed by atoms with Crippen molar-refractivity contribution in [2.75, 3.05) is 14.2 Å². The average Bonchev–Trinajstić information content (AvgIpc) is 2.87. The smallest absolute Gasteiger partial charge is 0.340 e. The Labute approximate surface area is 135 Å². The number of esters is 2. The van der Waals surface area contributed by atoms with E-state index >= 15 is 0 Å². The molecule has 0 bridgehead atoms. The number of hydrogen-bond acceptors (Lipinski definition) is 4. The molecule has 0 radical (unpaired) electrons. The second-order valence-corrected chi connectivity index (χ2v) is 5.14. The van der Waals surface area contributed by atoms with Gasteiger partial charge in [0, 0.05) is 7.05 Å². The summed E-state index contributed by atoms with van der Waals surface area (Å²) in [6.07, 6.45) is 0. The lowest BCUT2D eigenvalue weighted by atomic mass is 10.0. The standard InChI is InChI=1S/C18H19NO4/c1-11(2)15-13(17(20)22-4)14(18(21)23-5)16(19(15)3)12-9-7-6-8-10-12/h6-10H,1H2,2-5H3. The van der Waals surface area contributed by atoms with E-state index in [-0.39, 0.29) is 11.1 Å². The lowest BCUT2D eigenvalue weighted by Gasteiger charge is -2.08. The number of aromatic nitrogens is 1. The number of ether oxygens (including phenoxy) is 2. The summed E-state index contributed by atoms with van der Waals surface area (Å²) in [7, 11) is 4.34. The highest BCUT2D eigenvalue weighted by atomic mass is 16.5. The van der Waals surface area contributed by atoms with Crippen LogP contribution in [0.4, 0.5) is 0 Å². The second kappa shape index (κ2) is 6.52. The maximum Gasteiger partial charge on any atom is 0.340 e. The quantitative estimate of drug-likeness (QED) is 0.813. The average molecular weight is 313 g/mol. The van der Waals surface area contributed by atoms with Crippen molar-refractivity contribution in [3.8, 4) is 11.3 Å². The molecule has 0 saturated carbocycles. The molecule has 2 rings (SSSR count). The minimum Gasteiger partial charge on any atom is -0.465 e. The topological polar surface area (TPSA) is 57.5 Å². The fourth-order valence-corrected chi connectivity index (χ4v) is 2.72. The maximum atomic E-state index is 12.4. The molecule has 0 unspecified atom stereocenters. The second-order valence-electron chi connectivity index (χ2n) is 5.14. The van der Waals surface area contributed by atoms with Crippen molar-refractivity contribution in [2.24, 2.45) is 7.05 Å². The van der Waals surface area contributed by atoms with Gasteiger partial charge < -0.3 is 14.0 Å². The summed E-state index contributed by atoms with van der Waals surface area (Å²) < 4.78 is 11.5. The lowest BCUT2D eigenvalue weighted by molar-refractivity contribution is 0.0557. The van der Waals surface area contributed by atoms with Crippen LogP contribution >= 0.6 is 0 Å². The minimum absolute atomic E-state index is 0.174. The molecule has 0 amide bonds. The van der Waals surface area contributed by atoms with Crippen LogP contribution in [-0.4, -0.2) is 30.7 Å². The van der Waals surface area contributed by atoms with E-state index in [1.54, 1.807) is 18.5 Å². The number of rotatable bonds is 4. The van der Waals surface area contributed by atoms with Crippen molar-refractivity contribution >= 4 is 17.5 Å². The maximum absolute atomic E-state index is 12.4. The molecular weight excluding hydrogens is 294 g/mol. The number of methoxy groups -OCH3 is 2. The molecule has 1 heterocycles. The van der Waals surface area contributed by atoms with Gasteiger partial charge >= 0.3 is 11.9 Å². The highest BCUT2D eigenvalue weighted by Gasteiger charge is 2.32. The summed E-state index contributed by atoms with van der Waals surface area (Å²) in [4.78, 5) is 24.7. The van der Waals surface area contributed by atoms with Gasteiger partial charge in [-0.3, -0.25) is 0 Å². The molecule has 1 aromatic heterocycles. The van der Waals surface area contributed by atoms with Gasteiger partial charge in [-0.2, -0.15) is 0 Å². The molecule has 2 aromatic rings. The molecule has 0 saturated heterocycles. The van der Waals surface area contributed by atoms with E-state index in [1.807, 2.05) is 30.3 Å². The van der Waals surface area contributed by atoms with E-state index in [9.17, 15) is 9.59 Å². The van der Waals surface area contributed by atoms with Gasteiger partial charge in [0.05, 0.1) is 25.6 Å². The van der Waals surface area contributed by atoms with Crippen LogP contribution in [0.1, 0.15) is 33.3 Å². The van der Waals surface area contributed by atoms with Crippen LogP contribution in [-0.2, 0) is 16.5 Å². The Bertz CT molecular complexity index is 772. The van der Waals surface area contributed by atoms with E-state index in [0.717, 1.165) is 5.56 Å². The monoisotopic (exact) mass is 313 g/mol. The number of carbonyl (C=O) groups excluding carboxylic acids is 2. The summed E-state index contributed by atoms with van der Waals surface area (Å²) in [5.41, 5.74) is 2.96. The summed E-state index contributed by atoms with van der Waals surface area (Å²) >= 11 is 0. The van der Waals surface area contributed by atoms with Crippen LogP contribution in [0.25, 0.3) is 16.8 Å². The minimum atomic E-state index is -0.596. The van der Waals surface area contributed by atoms with E-state index in [2.05, 4.69) is 6.58 Å². The third-order valence-electron chi connectivity index (χ3n) is 3.62. The SMILES string of the molecule is C=C(C)c1c(C(=O)OC)c(C(=O)OC)c(-c2ccccc2)n1C. The Morgan fingerprint density at radius 1 is 1.00 bits per heavy atom. The molecule has 5 nitrogen and oxygen atoms in total. The van der Waals surface area contributed by atoms with Crippen LogP contribution in [0.2, 0.25) is 0 Å². The Kier molecular flexibility index (Phi) is 4.69. The van der Waals surface area contributed by atoms with Gasteiger partial charge in [-0.1, -0.05) is 36.9 Å². The number of benzene rings is 1. The fourth-order valence-electron chi connectivity index (χ4n) is 2.72. The molecular formula is C18H19NO4. The van der Waals surface area contributed by atoms with Crippen LogP contribution in [0, 0.1) is 0 Å². The zero-order valence-corrected chi connectivity index (χ0v) is 13.7. The Morgan fingerprint density at radius 2 is 1.52 bits per heavy atom. The Balaban J connectivity index is 2.93. The molecule has 0 fully saturated rings. The van der Waals surface area contributed by atoms with Crippen molar-refractivity contribution in [1.29, 1.82) is 0 Å². The van der Waals surface area contributed by atoms with Gasteiger partial charge in [0.2, 0.25) is 0 Å². The largest absolute Gasteiger partial charge is 0.465 e. The number of allylic oxidation sites excluding steroid dienone is 1. The summed E-state index contributed by atoms with van der Waals surface area (Å²) in [5, 5.41) is 0. The molecule has 5 heteroatoms. The van der Waals surface area contributed by atoms with Gasteiger partial charge in [-0.15, -0.1) is 0 Å².